The molecule has 0 aliphatic rings. The Balaban J connectivity index is 2.60. The first-order valence-corrected chi connectivity index (χ1v) is 8.21. The SMILES string of the molecule is CCc1ncc(C#N)n1-c1ccc(CC(C)(C)C(F)(F)F)cc1OC(F)(F)F. The highest BCUT2D eigenvalue weighted by molar-refractivity contribution is 5.52. The number of halogens is 6. The molecule has 0 saturated heterocycles. The molecule has 1 heterocycles. The molecule has 0 spiro atoms. The molecule has 28 heavy (non-hydrogen) atoms. The lowest BCUT2D eigenvalue weighted by Crippen LogP contribution is -2.34. The highest BCUT2D eigenvalue weighted by Crippen LogP contribution is 2.41. The fraction of sp³-hybridized carbons (Fsp3) is 0.444. The van der Waals surface area contributed by atoms with Crippen LogP contribution in [0.25, 0.3) is 5.69 Å². The second kappa shape index (κ2) is 7.37. The van der Waals surface area contributed by atoms with Gasteiger partial charge in [-0.15, -0.1) is 13.2 Å². The van der Waals surface area contributed by atoms with Crippen molar-refractivity contribution < 1.29 is 31.1 Å². The van der Waals surface area contributed by atoms with Crippen LogP contribution in [0, 0.1) is 16.7 Å². The van der Waals surface area contributed by atoms with Gasteiger partial charge in [0.05, 0.1) is 17.3 Å². The van der Waals surface area contributed by atoms with Crippen molar-refractivity contribution in [2.75, 3.05) is 0 Å². The van der Waals surface area contributed by atoms with E-state index < -0.39 is 30.1 Å². The molecule has 4 nitrogen and oxygen atoms in total. The minimum absolute atomic E-state index is 0.0157. The standard InChI is InChI=1S/C18H17F6N3O/c1-4-15-26-10-12(9-25)27(15)13-6-5-11(7-14(13)28-18(22,23)24)8-16(2,3)17(19,20)21/h5-7,10H,4,8H2,1-3H3. The number of imidazole rings is 1. The Morgan fingerprint density at radius 1 is 1.14 bits per heavy atom. The molecule has 0 fully saturated rings. The van der Waals surface area contributed by atoms with Gasteiger partial charge < -0.3 is 4.74 Å². The van der Waals surface area contributed by atoms with Crippen LogP contribution in [0.1, 0.15) is 37.9 Å². The van der Waals surface area contributed by atoms with Gasteiger partial charge in [-0.3, -0.25) is 4.57 Å². The van der Waals surface area contributed by atoms with Crippen LogP contribution >= 0.6 is 0 Å². The van der Waals surface area contributed by atoms with Crippen molar-refractivity contribution in [2.24, 2.45) is 5.41 Å². The maximum Gasteiger partial charge on any atom is 0.573 e. The molecular formula is C18H17F6N3O. The second-order valence-electron chi connectivity index (χ2n) is 6.77. The van der Waals surface area contributed by atoms with Crippen molar-refractivity contribution in [3.05, 3.63) is 41.5 Å². The molecule has 0 bridgehead atoms. The Morgan fingerprint density at radius 2 is 1.79 bits per heavy atom. The number of hydrogen-bond acceptors (Lipinski definition) is 3. The summed E-state index contributed by atoms with van der Waals surface area (Å²) in [5.41, 5.74) is -2.28. The smallest absolute Gasteiger partial charge is 0.404 e. The van der Waals surface area contributed by atoms with Crippen LogP contribution < -0.4 is 4.74 Å². The number of nitriles is 1. The summed E-state index contributed by atoms with van der Waals surface area (Å²) in [4.78, 5) is 3.99. The third-order valence-electron chi connectivity index (χ3n) is 4.17. The van der Waals surface area contributed by atoms with Gasteiger partial charge in [0.2, 0.25) is 0 Å². The summed E-state index contributed by atoms with van der Waals surface area (Å²) >= 11 is 0. The molecule has 0 aliphatic heterocycles. The lowest BCUT2D eigenvalue weighted by molar-refractivity contribution is -0.274. The van der Waals surface area contributed by atoms with Crippen LogP contribution in [0.15, 0.2) is 24.4 Å². The molecule has 10 heteroatoms. The molecule has 1 aromatic carbocycles. The number of benzene rings is 1. The van der Waals surface area contributed by atoms with Gasteiger partial charge in [-0.25, -0.2) is 4.98 Å². The summed E-state index contributed by atoms with van der Waals surface area (Å²) in [6.07, 6.45) is -8.62. The lowest BCUT2D eigenvalue weighted by atomic mass is 9.85. The molecule has 2 rings (SSSR count). The molecule has 152 valence electrons. The van der Waals surface area contributed by atoms with Crippen LogP contribution in [-0.4, -0.2) is 22.1 Å². The van der Waals surface area contributed by atoms with Gasteiger partial charge in [-0.1, -0.05) is 26.8 Å². The highest BCUT2D eigenvalue weighted by atomic mass is 19.4. The predicted molar refractivity (Wildman–Crippen MR) is 87.9 cm³/mol. The van der Waals surface area contributed by atoms with Gasteiger partial charge in [0.1, 0.15) is 17.6 Å². The monoisotopic (exact) mass is 405 g/mol. The topological polar surface area (TPSA) is 50.8 Å². The molecular weight excluding hydrogens is 388 g/mol. The number of alkyl halides is 6. The fourth-order valence-corrected chi connectivity index (χ4v) is 2.66. The second-order valence-corrected chi connectivity index (χ2v) is 6.77. The zero-order valence-electron chi connectivity index (χ0n) is 15.2. The van der Waals surface area contributed by atoms with Gasteiger partial charge >= 0.3 is 12.5 Å². The van der Waals surface area contributed by atoms with Crippen molar-refractivity contribution in [1.29, 1.82) is 5.26 Å². The molecule has 1 aromatic heterocycles. The minimum atomic E-state index is -5.06. The summed E-state index contributed by atoms with van der Waals surface area (Å²) < 4.78 is 83.3. The summed E-state index contributed by atoms with van der Waals surface area (Å²) in [6.45, 7) is 3.62. The van der Waals surface area contributed by atoms with E-state index in [4.69, 9.17) is 0 Å². The van der Waals surface area contributed by atoms with Gasteiger partial charge in [0.25, 0.3) is 0 Å². The normalized spacial score (nSPS) is 12.7. The molecule has 2 aromatic rings. The summed E-state index contributed by atoms with van der Waals surface area (Å²) in [7, 11) is 0. The summed E-state index contributed by atoms with van der Waals surface area (Å²) in [6, 6.07) is 5.22. The molecule has 0 atom stereocenters. The Kier molecular flexibility index (Phi) is 5.69. The molecule has 0 amide bonds. The quantitative estimate of drug-likeness (QED) is 0.632. The van der Waals surface area contributed by atoms with Crippen molar-refractivity contribution in [3.8, 4) is 17.5 Å². The maximum atomic E-state index is 13.1. The van der Waals surface area contributed by atoms with E-state index in [-0.39, 0.29) is 16.9 Å². The third-order valence-corrected chi connectivity index (χ3v) is 4.17. The number of rotatable bonds is 5. The Morgan fingerprint density at radius 3 is 2.29 bits per heavy atom. The van der Waals surface area contributed by atoms with Crippen molar-refractivity contribution in [2.45, 2.75) is 46.2 Å². The number of nitrogens with zero attached hydrogens (tertiary/aromatic N) is 3. The van der Waals surface area contributed by atoms with Gasteiger partial charge in [0, 0.05) is 6.42 Å². The first-order valence-electron chi connectivity index (χ1n) is 8.21. The first kappa shape index (κ1) is 21.6. The van der Waals surface area contributed by atoms with Gasteiger partial charge in [-0.2, -0.15) is 18.4 Å². The zero-order chi connectivity index (χ0) is 21.3. The van der Waals surface area contributed by atoms with E-state index in [1.165, 1.54) is 22.9 Å². The van der Waals surface area contributed by atoms with Crippen LogP contribution in [0.2, 0.25) is 0 Å². The van der Waals surface area contributed by atoms with Crippen molar-refractivity contribution in [3.63, 3.8) is 0 Å². The average molecular weight is 405 g/mol. The van der Waals surface area contributed by atoms with Crippen LogP contribution in [0.3, 0.4) is 0 Å². The Hall–Kier alpha value is -2.70. The average Bonchev–Trinajstić information content (AvgIpc) is 2.95. The number of hydrogen-bond donors (Lipinski definition) is 0. The van der Waals surface area contributed by atoms with Crippen LogP contribution in [-0.2, 0) is 12.8 Å². The summed E-state index contributed by atoms with van der Waals surface area (Å²) in [5, 5.41) is 9.21. The molecule has 0 radical (unpaired) electrons. The van der Waals surface area contributed by atoms with E-state index in [0.29, 0.717) is 12.2 Å². The van der Waals surface area contributed by atoms with E-state index >= 15 is 0 Å². The largest absolute Gasteiger partial charge is 0.573 e. The zero-order valence-corrected chi connectivity index (χ0v) is 15.2. The highest BCUT2D eigenvalue weighted by Gasteiger charge is 2.47. The maximum absolute atomic E-state index is 13.1. The van der Waals surface area contributed by atoms with E-state index in [1.54, 1.807) is 6.92 Å². The van der Waals surface area contributed by atoms with E-state index in [2.05, 4.69) is 9.72 Å². The third kappa shape index (κ3) is 4.58. The Bertz CT molecular complexity index is 890. The van der Waals surface area contributed by atoms with Gasteiger partial charge in [-0.05, 0) is 24.1 Å². The van der Waals surface area contributed by atoms with Crippen LogP contribution in [0.4, 0.5) is 26.3 Å². The predicted octanol–water partition coefficient (Wildman–Crippen LogP) is 5.34. The van der Waals surface area contributed by atoms with Crippen LogP contribution in [0.5, 0.6) is 5.75 Å². The number of aryl methyl sites for hydroxylation is 1. The summed E-state index contributed by atoms with van der Waals surface area (Å²) in [5.74, 6) is -0.390. The molecule has 0 aliphatic carbocycles. The van der Waals surface area contributed by atoms with E-state index in [1.807, 2.05) is 6.07 Å². The first-order chi connectivity index (χ1) is 12.8. The fourth-order valence-electron chi connectivity index (χ4n) is 2.66. The molecule has 0 saturated carbocycles. The molecule has 0 N–H and O–H groups in total. The van der Waals surface area contributed by atoms with Crippen molar-refractivity contribution in [1.82, 2.24) is 9.55 Å². The Labute approximate surface area is 157 Å². The van der Waals surface area contributed by atoms with Gasteiger partial charge in [0.15, 0.2) is 5.75 Å². The number of aromatic nitrogens is 2. The van der Waals surface area contributed by atoms with E-state index in [0.717, 1.165) is 19.9 Å². The number of ether oxygens (including phenoxy) is 1. The lowest BCUT2D eigenvalue weighted by Gasteiger charge is -2.28. The molecule has 0 unspecified atom stereocenters. The van der Waals surface area contributed by atoms with Crippen molar-refractivity contribution >= 4 is 0 Å². The van der Waals surface area contributed by atoms with E-state index in [9.17, 15) is 31.6 Å². The minimum Gasteiger partial charge on any atom is -0.404 e.